The van der Waals surface area contributed by atoms with Crippen LogP contribution in [0.3, 0.4) is 0 Å². The van der Waals surface area contributed by atoms with E-state index >= 15 is 0 Å². The number of benzene rings is 2. The van der Waals surface area contributed by atoms with Crippen LogP contribution in [0.2, 0.25) is 0 Å². The lowest BCUT2D eigenvalue weighted by Crippen LogP contribution is -2.00. The average Bonchev–Trinajstić information content (AvgIpc) is 2.80. The summed E-state index contributed by atoms with van der Waals surface area (Å²) in [4.78, 5) is 2.64. The first-order valence-corrected chi connectivity index (χ1v) is 6.59. The molecule has 0 radical (unpaired) electrons. The number of anilines is 2. The molecule has 1 aliphatic carbocycles. The smallest absolute Gasteiger partial charge is 0.0529 e. The predicted molar refractivity (Wildman–Crippen MR) is 73.0 cm³/mol. The van der Waals surface area contributed by atoms with Gasteiger partial charge in [0, 0.05) is 9.79 Å². The number of hydrogen-bond donors (Lipinski definition) is 1. The highest BCUT2D eigenvalue weighted by molar-refractivity contribution is 7.99. The van der Waals surface area contributed by atoms with E-state index in [1.165, 1.54) is 32.3 Å². The van der Waals surface area contributed by atoms with Crippen LogP contribution in [0.25, 0.3) is 6.08 Å². The molecule has 2 aliphatic rings. The Morgan fingerprint density at radius 3 is 2.94 bits per heavy atom. The van der Waals surface area contributed by atoms with E-state index in [-0.39, 0.29) is 0 Å². The Balaban J connectivity index is 1.86. The van der Waals surface area contributed by atoms with Crippen molar-refractivity contribution in [1.29, 1.82) is 0 Å². The van der Waals surface area contributed by atoms with Crippen LogP contribution < -0.4 is 5.32 Å². The molecule has 0 saturated heterocycles. The van der Waals surface area contributed by atoms with Crippen LogP contribution in [0, 0.1) is 0 Å². The van der Waals surface area contributed by atoms with Gasteiger partial charge in [0.1, 0.15) is 0 Å². The van der Waals surface area contributed by atoms with Crippen LogP contribution in [0.1, 0.15) is 11.1 Å². The molecule has 1 heterocycles. The van der Waals surface area contributed by atoms with Gasteiger partial charge in [0.15, 0.2) is 0 Å². The molecule has 0 spiro atoms. The van der Waals surface area contributed by atoms with Gasteiger partial charge in [-0.15, -0.1) is 0 Å². The second-order valence-corrected chi connectivity index (χ2v) is 5.46. The van der Waals surface area contributed by atoms with Gasteiger partial charge in [-0.05, 0) is 41.8 Å². The largest absolute Gasteiger partial charge is 0.354 e. The van der Waals surface area contributed by atoms with E-state index in [1.54, 1.807) is 0 Å². The molecule has 2 aromatic rings. The van der Waals surface area contributed by atoms with E-state index in [2.05, 4.69) is 53.9 Å². The third kappa shape index (κ3) is 1.41. The summed E-state index contributed by atoms with van der Waals surface area (Å²) in [5.74, 6) is 0. The lowest BCUT2D eigenvalue weighted by molar-refractivity contribution is 1.25. The third-order valence-corrected chi connectivity index (χ3v) is 4.39. The van der Waals surface area contributed by atoms with Crippen molar-refractivity contribution in [2.24, 2.45) is 0 Å². The number of para-hydroxylation sites is 1. The third-order valence-electron chi connectivity index (χ3n) is 3.25. The molecule has 0 saturated carbocycles. The van der Waals surface area contributed by atoms with Gasteiger partial charge in [-0.3, -0.25) is 0 Å². The van der Waals surface area contributed by atoms with Gasteiger partial charge in [0.2, 0.25) is 0 Å². The number of allylic oxidation sites excluding steroid dienone is 1. The summed E-state index contributed by atoms with van der Waals surface area (Å²) < 4.78 is 0. The van der Waals surface area contributed by atoms with Gasteiger partial charge in [0.25, 0.3) is 0 Å². The highest BCUT2D eigenvalue weighted by Gasteiger charge is 2.17. The molecule has 82 valence electrons. The maximum atomic E-state index is 3.52. The molecule has 1 aliphatic heterocycles. The Kier molecular flexibility index (Phi) is 1.88. The molecule has 2 aromatic carbocycles. The monoisotopic (exact) mass is 237 g/mol. The highest BCUT2D eigenvalue weighted by Crippen LogP contribution is 2.45. The van der Waals surface area contributed by atoms with E-state index < -0.39 is 0 Å². The molecule has 0 atom stereocenters. The number of rotatable bonds is 0. The minimum Gasteiger partial charge on any atom is -0.354 e. The van der Waals surface area contributed by atoms with Crippen molar-refractivity contribution in [3.8, 4) is 0 Å². The number of nitrogens with one attached hydrogen (secondary N) is 1. The number of hydrogen-bond acceptors (Lipinski definition) is 2. The molecule has 1 nitrogen and oxygen atoms in total. The summed E-state index contributed by atoms with van der Waals surface area (Å²) in [5, 5.41) is 3.52. The second kappa shape index (κ2) is 3.41. The minimum absolute atomic E-state index is 1.07. The quantitative estimate of drug-likeness (QED) is 0.619. The summed E-state index contributed by atoms with van der Waals surface area (Å²) in [6.45, 7) is 0. The Labute approximate surface area is 105 Å². The SMILES string of the molecule is C1=Cc2cc3c(cc2C1)Nc1ccccc1S3. The number of fused-ring (bicyclic) bond motifs is 3. The first-order chi connectivity index (χ1) is 8.40. The zero-order chi connectivity index (χ0) is 11.2. The molecule has 0 fully saturated rings. The van der Waals surface area contributed by atoms with Crippen molar-refractivity contribution in [3.05, 3.63) is 53.6 Å². The van der Waals surface area contributed by atoms with Crippen molar-refractivity contribution in [2.75, 3.05) is 5.32 Å². The summed E-state index contributed by atoms with van der Waals surface area (Å²) in [6.07, 6.45) is 5.52. The van der Waals surface area contributed by atoms with E-state index in [0.29, 0.717) is 0 Å². The minimum atomic E-state index is 1.07. The normalized spacial score (nSPS) is 14.8. The molecule has 0 aromatic heterocycles. The molecular weight excluding hydrogens is 226 g/mol. The fourth-order valence-corrected chi connectivity index (χ4v) is 3.41. The van der Waals surface area contributed by atoms with Crippen molar-refractivity contribution in [2.45, 2.75) is 16.2 Å². The lowest BCUT2D eigenvalue weighted by Gasteiger charge is -2.21. The van der Waals surface area contributed by atoms with Gasteiger partial charge in [-0.1, -0.05) is 36.0 Å². The van der Waals surface area contributed by atoms with E-state index in [0.717, 1.165) is 6.42 Å². The van der Waals surface area contributed by atoms with Crippen molar-refractivity contribution in [3.63, 3.8) is 0 Å². The standard InChI is InChI=1S/C15H11NS/c1-2-7-14-12(6-1)16-13-8-10-4-3-5-11(10)9-15(13)17-14/h1-3,5-9,16H,4H2. The van der Waals surface area contributed by atoms with Gasteiger partial charge >= 0.3 is 0 Å². The molecule has 4 rings (SSSR count). The Bertz CT molecular complexity index is 643. The molecule has 0 amide bonds. The van der Waals surface area contributed by atoms with Crippen molar-refractivity contribution < 1.29 is 0 Å². The van der Waals surface area contributed by atoms with Gasteiger partial charge in [-0.2, -0.15) is 0 Å². The molecule has 2 heteroatoms. The predicted octanol–water partition coefficient (Wildman–Crippen LogP) is 4.46. The Morgan fingerprint density at radius 2 is 1.94 bits per heavy atom. The van der Waals surface area contributed by atoms with Gasteiger partial charge in [0.05, 0.1) is 11.4 Å². The van der Waals surface area contributed by atoms with Gasteiger partial charge < -0.3 is 5.32 Å². The van der Waals surface area contributed by atoms with Crippen LogP contribution in [0.15, 0.2) is 52.3 Å². The molecular formula is C15H11NS. The lowest BCUT2D eigenvalue weighted by atomic mass is 10.1. The summed E-state index contributed by atoms with van der Waals surface area (Å²) in [7, 11) is 0. The average molecular weight is 237 g/mol. The topological polar surface area (TPSA) is 12.0 Å². The fourth-order valence-electron chi connectivity index (χ4n) is 2.39. The zero-order valence-corrected chi connectivity index (χ0v) is 10.1. The highest BCUT2D eigenvalue weighted by atomic mass is 32.2. The van der Waals surface area contributed by atoms with Crippen molar-refractivity contribution in [1.82, 2.24) is 0 Å². The van der Waals surface area contributed by atoms with Gasteiger partial charge in [-0.25, -0.2) is 0 Å². The summed E-state index contributed by atoms with van der Waals surface area (Å²) in [6, 6.07) is 13.0. The molecule has 0 unspecified atom stereocenters. The zero-order valence-electron chi connectivity index (χ0n) is 9.23. The first kappa shape index (κ1) is 9.37. The van der Waals surface area contributed by atoms with E-state index in [9.17, 15) is 0 Å². The van der Waals surface area contributed by atoms with Crippen LogP contribution in [-0.2, 0) is 6.42 Å². The van der Waals surface area contributed by atoms with Crippen LogP contribution in [0.5, 0.6) is 0 Å². The summed E-state index contributed by atoms with van der Waals surface area (Å²) in [5.41, 5.74) is 5.26. The molecule has 0 bridgehead atoms. The molecule has 17 heavy (non-hydrogen) atoms. The van der Waals surface area contributed by atoms with E-state index in [1.807, 2.05) is 11.8 Å². The Morgan fingerprint density at radius 1 is 1.00 bits per heavy atom. The summed E-state index contributed by atoms with van der Waals surface area (Å²) >= 11 is 1.85. The maximum Gasteiger partial charge on any atom is 0.0529 e. The molecule has 1 N–H and O–H groups in total. The van der Waals surface area contributed by atoms with Crippen LogP contribution in [-0.4, -0.2) is 0 Å². The first-order valence-electron chi connectivity index (χ1n) is 5.77. The van der Waals surface area contributed by atoms with E-state index in [4.69, 9.17) is 0 Å². The van der Waals surface area contributed by atoms with Crippen molar-refractivity contribution >= 4 is 29.2 Å². The Hall–Kier alpha value is -1.67. The maximum absolute atomic E-state index is 3.52. The van der Waals surface area contributed by atoms with Crippen LogP contribution >= 0.6 is 11.8 Å². The second-order valence-electron chi connectivity index (χ2n) is 4.38. The van der Waals surface area contributed by atoms with Crippen LogP contribution in [0.4, 0.5) is 11.4 Å². The fraction of sp³-hybridized carbons (Fsp3) is 0.0667.